The van der Waals surface area contributed by atoms with Gasteiger partial charge in [0.15, 0.2) is 0 Å². The molecule has 1 aliphatic rings. The predicted molar refractivity (Wildman–Crippen MR) is 187 cm³/mol. The molecule has 0 aliphatic heterocycles. The molecule has 212 valence electrons. The largest absolute Gasteiger partial charge is 0.334 e. The lowest BCUT2D eigenvalue weighted by atomic mass is 9.95. The summed E-state index contributed by atoms with van der Waals surface area (Å²) in [5, 5.41) is 0. The summed E-state index contributed by atoms with van der Waals surface area (Å²) >= 11 is 0. The van der Waals surface area contributed by atoms with E-state index in [9.17, 15) is 0 Å². The molecular formula is C42H34N2. The SMILES string of the molecule is C1=CC(N(c2ccccc2)c2cccc(N(c3ccccc3)c3ccc(-c4ccccc4)cc3)c2)CC=C1c1ccccc1. The molecule has 7 rings (SSSR count). The van der Waals surface area contributed by atoms with Gasteiger partial charge in [0.1, 0.15) is 0 Å². The van der Waals surface area contributed by atoms with Crippen LogP contribution in [0, 0.1) is 0 Å². The van der Waals surface area contributed by atoms with Crippen molar-refractivity contribution in [3.05, 3.63) is 194 Å². The molecule has 6 aromatic carbocycles. The Morgan fingerprint density at radius 3 is 1.52 bits per heavy atom. The van der Waals surface area contributed by atoms with Gasteiger partial charge in [0.2, 0.25) is 0 Å². The lowest BCUT2D eigenvalue weighted by Gasteiger charge is -2.34. The van der Waals surface area contributed by atoms with E-state index in [1.807, 2.05) is 0 Å². The highest BCUT2D eigenvalue weighted by Gasteiger charge is 2.22. The summed E-state index contributed by atoms with van der Waals surface area (Å²) in [7, 11) is 0. The smallest absolute Gasteiger partial charge is 0.0560 e. The Bertz CT molecular complexity index is 1860. The van der Waals surface area contributed by atoms with Crippen molar-refractivity contribution >= 4 is 34.0 Å². The Balaban J connectivity index is 1.26. The molecule has 0 aromatic heterocycles. The third-order valence-electron chi connectivity index (χ3n) is 8.16. The molecule has 1 atom stereocenters. The molecule has 0 saturated carbocycles. The molecule has 0 spiro atoms. The summed E-state index contributed by atoms with van der Waals surface area (Å²) in [4.78, 5) is 4.80. The third kappa shape index (κ3) is 5.84. The van der Waals surface area contributed by atoms with E-state index in [1.54, 1.807) is 0 Å². The van der Waals surface area contributed by atoms with Crippen molar-refractivity contribution in [2.45, 2.75) is 12.5 Å². The summed E-state index contributed by atoms with van der Waals surface area (Å²) in [5.74, 6) is 0. The number of benzene rings is 6. The Kier molecular flexibility index (Phi) is 7.88. The van der Waals surface area contributed by atoms with E-state index < -0.39 is 0 Å². The first-order valence-corrected chi connectivity index (χ1v) is 15.2. The lowest BCUT2D eigenvalue weighted by molar-refractivity contribution is 0.787. The van der Waals surface area contributed by atoms with Gasteiger partial charge in [-0.15, -0.1) is 0 Å². The van der Waals surface area contributed by atoms with E-state index in [0.717, 1.165) is 29.2 Å². The van der Waals surface area contributed by atoms with Crippen molar-refractivity contribution in [1.29, 1.82) is 0 Å². The van der Waals surface area contributed by atoms with Crippen molar-refractivity contribution in [2.75, 3.05) is 9.80 Å². The molecule has 6 aromatic rings. The van der Waals surface area contributed by atoms with Crippen LogP contribution in [0.4, 0.5) is 28.4 Å². The van der Waals surface area contributed by atoms with Gasteiger partial charge in [-0.2, -0.15) is 0 Å². The van der Waals surface area contributed by atoms with E-state index >= 15 is 0 Å². The van der Waals surface area contributed by atoms with Crippen molar-refractivity contribution in [1.82, 2.24) is 0 Å². The molecule has 0 heterocycles. The normalized spacial score (nSPS) is 14.1. The number of hydrogen-bond acceptors (Lipinski definition) is 2. The van der Waals surface area contributed by atoms with Crippen molar-refractivity contribution in [3.63, 3.8) is 0 Å². The predicted octanol–water partition coefficient (Wildman–Crippen LogP) is 11.4. The average molecular weight is 567 g/mol. The monoisotopic (exact) mass is 566 g/mol. The summed E-state index contributed by atoms with van der Waals surface area (Å²) in [5.41, 5.74) is 10.6. The molecule has 2 nitrogen and oxygen atoms in total. The van der Waals surface area contributed by atoms with Crippen molar-refractivity contribution in [2.24, 2.45) is 0 Å². The highest BCUT2D eigenvalue weighted by Crippen LogP contribution is 2.40. The number of hydrogen-bond donors (Lipinski definition) is 0. The second-order valence-electron chi connectivity index (χ2n) is 11.0. The van der Waals surface area contributed by atoms with E-state index in [4.69, 9.17) is 0 Å². The Morgan fingerprint density at radius 1 is 0.409 bits per heavy atom. The van der Waals surface area contributed by atoms with Crippen LogP contribution in [0.2, 0.25) is 0 Å². The van der Waals surface area contributed by atoms with Gasteiger partial charge in [0.05, 0.1) is 6.04 Å². The van der Waals surface area contributed by atoms with Crippen LogP contribution in [0.5, 0.6) is 0 Å². The fourth-order valence-electron chi connectivity index (χ4n) is 6.01. The van der Waals surface area contributed by atoms with Crippen LogP contribution in [0.1, 0.15) is 12.0 Å². The minimum atomic E-state index is 0.190. The van der Waals surface area contributed by atoms with Crippen LogP contribution in [0.25, 0.3) is 16.7 Å². The topological polar surface area (TPSA) is 6.48 Å². The van der Waals surface area contributed by atoms with Gasteiger partial charge in [-0.1, -0.05) is 133 Å². The second kappa shape index (κ2) is 12.7. The number of nitrogens with zero attached hydrogens (tertiary/aromatic N) is 2. The maximum Gasteiger partial charge on any atom is 0.0560 e. The molecule has 0 N–H and O–H groups in total. The Labute approximate surface area is 260 Å². The average Bonchev–Trinajstić information content (AvgIpc) is 3.11. The van der Waals surface area contributed by atoms with E-state index in [1.165, 1.54) is 28.0 Å². The van der Waals surface area contributed by atoms with E-state index in [0.29, 0.717) is 0 Å². The van der Waals surface area contributed by atoms with Gasteiger partial charge >= 0.3 is 0 Å². The number of para-hydroxylation sites is 2. The minimum absolute atomic E-state index is 0.190. The Hall–Kier alpha value is -5.60. The second-order valence-corrected chi connectivity index (χ2v) is 11.0. The zero-order valence-corrected chi connectivity index (χ0v) is 24.6. The fourth-order valence-corrected chi connectivity index (χ4v) is 6.01. The number of rotatable bonds is 8. The minimum Gasteiger partial charge on any atom is -0.334 e. The standard InChI is InChI=1S/C42H34N2/c1-5-14-33(15-6-1)35-24-28-39(29-25-35)43(37-18-9-3-10-19-37)41-22-13-23-42(32-41)44(38-20-11-4-12-21-38)40-30-26-36(27-31-40)34-16-7-2-8-17-34/h1-30,32,40H,31H2. The van der Waals surface area contributed by atoms with Gasteiger partial charge in [0, 0.05) is 28.4 Å². The molecule has 0 fully saturated rings. The van der Waals surface area contributed by atoms with Crippen LogP contribution in [-0.2, 0) is 0 Å². The maximum absolute atomic E-state index is 2.46. The van der Waals surface area contributed by atoms with Crippen molar-refractivity contribution in [3.8, 4) is 11.1 Å². The van der Waals surface area contributed by atoms with Crippen LogP contribution in [-0.4, -0.2) is 6.04 Å². The molecule has 0 saturated heterocycles. The van der Waals surface area contributed by atoms with E-state index in [-0.39, 0.29) is 6.04 Å². The van der Waals surface area contributed by atoms with E-state index in [2.05, 4.69) is 198 Å². The van der Waals surface area contributed by atoms with Gasteiger partial charge in [0.25, 0.3) is 0 Å². The molecule has 1 unspecified atom stereocenters. The van der Waals surface area contributed by atoms with Crippen LogP contribution < -0.4 is 9.80 Å². The molecule has 0 bridgehead atoms. The lowest BCUT2D eigenvalue weighted by Crippen LogP contribution is -2.30. The summed E-state index contributed by atoms with van der Waals surface area (Å²) in [6, 6.07) is 60.5. The van der Waals surface area contributed by atoms with Crippen molar-refractivity contribution < 1.29 is 0 Å². The fraction of sp³-hybridized carbons (Fsp3) is 0.0476. The van der Waals surface area contributed by atoms with Gasteiger partial charge in [-0.3, -0.25) is 0 Å². The zero-order valence-electron chi connectivity index (χ0n) is 24.6. The number of allylic oxidation sites excluding steroid dienone is 2. The van der Waals surface area contributed by atoms with Crippen LogP contribution in [0.3, 0.4) is 0 Å². The first-order valence-electron chi connectivity index (χ1n) is 15.2. The summed E-state index contributed by atoms with van der Waals surface area (Å²) < 4.78 is 0. The Morgan fingerprint density at radius 2 is 0.909 bits per heavy atom. The van der Waals surface area contributed by atoms with Gasteiger partial charge in [-0.05, 0) is 83.3 Å². The van der Waals surface area contributed by atoms with Crippen LogP contribution >= 0.6 is 0 Å². The summed E-state index contributed by atoms with van der Waals surface area (Å²) in [6.45, 7) is 0. The number of anilines is 5. The highest BCUT2D eigenvalue weighted by molar-refractivity contribution is 5.82. The maximum atomic E-state index is 2.46. The molecule has 1 aliphatic carbocycles. The quantitative estimate of drug-likeness (QED) is 0.181. The van der Waals surface area contributed by atoms with Gasteiger partial charge in [-0.25, -0.2) is 0 Å². The highest BCUT2D eigenvalue weighted by atomic mass is 15.2. The molecule has 0 amide bonds. The first kappa shape index (κ1) is 27.2. The first-order chi connectivity index (χ1) is 21.8. The third-order valence-corrected chi connectivity index (χ3v) is 8.16. The van der Waals surface area contributed by atoms with Gasteiger partial charge < -0.3 is 9.80 Å². The molecule has 0 radical (unpaired) electrons. The van der Waals surface area contributed by atoms with Crippen LogP contribution in [0.15, 0.2) is 188 Å². The zero-order chi connectivity index (χ0) is 29.6. The molecular weight excluding hydrogens is 532 g/mol. The molecule has 2 heteroatoms. The molecule has 44 heavy (non-hydrogen) atoms. The summed E-state index contributed by atoms with van der Waals surface area (Å²) in [6.07, 6.45) is 7.90.